The topological polar surface area (TPSA) is 26.5 Å². The monoisotopic (exact) mass is 371 g/mol. The van der Waals surface area contributed by atoms with Crippen LogP contribution in [0.25, 0.3) is 0 Å². The van der Waals surface area contributed by atoms with Crippen LogP contribution in [0.15, 0.2) is 59.1 Å². The first kappa shape index (κ1) is 14.9. The Morgan fingerprint density at radius 1 is 1.00 bits per heavy atom. The molecule has 3 nitrogen and oxygen atoms in total. The molecule has 23 heavy (non-hydrogen) atoms. The number of hydrogen-bond acceptors (Lipinski definition) is 2. The fourth-order valence-corrected chi connectivity index (χ4v) is 3.97. The second-order valence-electron chi connectivity index (χ2n) is 6.27. The molecule has 1 N–H and O–H groups in total. The molecule has 0 bridgehead atoms. The molecule has 0 amide bonds. The van der Waals surface area contributed by atoms with Crippen LogP contribution >= 0.6 is 15.9 Å². The summed E-state index contributed by atoms with van der Waals surface area (Å²) in [4.78, 5) is 2.28. The number of halogens is 1. The maximum atomic E-state index is 11.5. The summed E-state index contributed by atoms with van der Waals surface area (Å²) in [5.74, 6) is 1.24. The molecule has 2 heterocycles. The molecular weight excluding hydrogens is 352 g/mol. The number of nitrogens with zero attached hydrogens (tertiary/aromatic N) is 2. The predicted octanol–water partition coefficient (Wildman–Crippen LogP) is 3.71. The van der Waals surface area contributed by atoms with Gasteiger partial charge in [-0.05, 0) is 37.1 Å². The summed E-state index contributed by atoms with van der Waals surface area (Å²) in [6, 6.07) is 18.4. The number of anilines is 1. The van der Waals surface area contributed by atoms with E-state index in [1.54, 1.807) is 0 Å². The maximum absolute atomic E-state index is 11.5. The summed E-state index contributed by atoms with van der Waals surface area (Å²) in [6.45, 7) is 1.49. The van der Waals surface area contributed by atoms with Crippen LogP contribution in [-0.4, -0.2) is 28.6 Å². The highest BCUT2D eigenvalue weighted by Crippen LogP contribution is 2.35. The van der Waals surface area contributed by atoms with Crippen LogP contribution in [-0.2, 0) is 5.72 Å². The van der Waals surface area contributed by atoms with Gasteiger partial charge in [0.2, 0.25) is 0 Å². The van der Waals surface area contributed by atoms with Gasteiger partial charge in [-0.25, -0.2) is 9.48 Å². The molecule has 2 aromatic carbocycles. The van der Waals surface area contributed by atoms with Gasteiger partial charge in [-0.1, -0.05) is 46.3 Å². The van der Waals surface area contributed by atoms with Crippen molar-refractivity contribution in [1.29, 1.82) is 0 Å². The van der Waals surface area contributed by atoms with Gasteiger partial charge in [0.15, 0.2) is 6.54 Å². The van der Waals surface area contributed by atoms with E-state index in [1.165, 1.54) is 12.3 Å². The van der Waals surface area contributed by atoms with Crippen LogP contribution < -0.4 is 4.90 Å². The molecule has 0 unspecified atom stereocenters. The molecule has 0 aliphatic carbocycles. The third kappa shape index (κ3) is 2.50. The lowest BCUT2D eigenvalue weighted by atomic mass is 10.0. The van der Waals surface area contributed by atoms with E-state index in [1.807, 2.05) is 30.3 Å². The summed E-state index contributed by atoms with van der Waals surface area (Å²) >= 11 is 3.50. The van der Waals surface area contributed by atoms with Crippen molar-refractivity contribution in [2.75, 3.05) is 18.0 Å². The number of β-amino-alcohol motifs (C(OH)–C–C–N with tert-alkyl or cyclic N) is 1. The molecule has 0 aromatic heterocycles. The maximum Gasteiger partial charge on any atom is 0.271 e. The number of amidine groups is 1. The normalized spacial score (nSPS) is 24.0. The van der Waals surface area contributed by atoms with E-state index in [0.717, 1.165) is 35.1 Å². The lowest BCUT2D eigenvalue weighted by Gasteiger charge is -2.24. The van der Waals surface area contributed by atoms with Gasteiger partial charge < -0.3 is 5.11 Å². The molecule has 0 saturated heterocycles. The zero-order valence-electron chi connectivity index (χ0n) is 13.0. The van der Waals surface area contributed by atoms with Gasteiger partial charge in [0, 0.05) is 16.5 Å². The Hall–Kier alpha value is -1.65. The summed E-state index contributed by atoms with van der Waals surface area (Å²) in [6.07, 6.45) is 3.34. The quantitative estimate of drug-likeness (QED) is 0.814. The molecule has 4 rings (SSSR count). The molecular formula is C19H20BrN2O+. The molecule has 0 spiro atoms. The van der Waals surface area contributed by atoms with E-state index in [9.17, 15) is 5.11 Å². The highest BCUT2D eigenvalue weighted by atomic mass is 79.9. The van der Waals surface area contributed by atoms with E-state index in [0.29, 0.717) is 6.54 Å². The Balaban J connectivity index is 1.79. The third-order valence-corrected chi connectivity index (χ3v) is 5.38. The molecule has 1 atom stereocenters. The highest BCUT2D eigenvalue weighted by Gasteiger charge is 2.52. The Kier molecular flexibility index (Phi) is 3.74. The Bertz CT molecular complexity index is 742. The van der Waals surface area contributed by atoms with Crippen molar-refractivity contribution in [2.24, 2.45) is 0 Å². The van der Waals surface area contributed by atoms with Crippen LogP contribution in [0.3, 0.4) is 0 Å². The average molecular weight is 372 g/mol. The number of hydrogen-bond donors (Lipinski definition) is 1. The fourth-order valence-electron chi connectivity index (χ4n) is 3.71. The van der Waals surface area contributed by atoms with Crippen LogP contribution in [0.5, 0.6) is 0 Å². The van der Waals surface area contributed by atoms with Crippen molar-refractivity contribution in [3.8, 4) is 0 Å². The largest absolute Gasteiger partial charge is 0.346 e. The Morgan fingerprint density at radius 3 is 2.48 bits per heavy atom. The van der Waals surface area contributed by atoms with Gasteiger partial charge >= 0.3 is 0 Å². The molecule has 4 heteroatoms. The minimum absolute atomic E-state index is 0.577. The number of rotatable bonds is 2. The van der Waals surface area contributed by atoms with E-state index >= 15 is 0 Å². The summed E-state index contributed by atoms with van der Waals surface area (Å²) in [5.41, 5.74) is 1.17. The SMILES string of the molecule is O[C@]1(c2ccccc2)CN(c2ccc(Br)cc2)C2=[N+]1CCCC2. The lowest BCUT2D eigenvalue weighted by Crippen LogP contribution is -2.41. The predicted molar refractivity (Wildman–Crippen MR) is 95.8 cm³/mol. The van der Waals surface area contributed by atoms with E-state index in [4.69, 9.17) is 0 Å². The molecule has 2 aromatic rings. The molecule has 118 valence electrons. The van der Waals surface area contributed by atoms with Crippen molar-refractivity contribution in [3.63, 3.8) is 0 Å². The molecule has 2 aliphatic rings. The van der Waals surface area contributed by atoms with Crippen LogP contribution in [0.1, 0.15) is 24.8 Å². The van der Waals surface area contributed by atoms with Gasteiger partial charge in [0.05, 0.1) is 6.54 Å². The van der Waals surface area contributed by atoms with Crippen molar-refractivity contribution in [3.05, 3.63) is 64.6 Å². The van der Waals surface area contributed by atoms with E-state index in [-0.39, 0.29) is 0 Å². The minimum Gasteiger partial charge on any atom is -0.346 e. The Morgan fingerprint density at radius 2 is 1.74 bits per heavy atom. The standard InChI is InChI=1S/C19H20BrN2O/c20-16-9-11-17(12-10-16)21-14-19(23,15-6-2-1-3-7-15)22-13-5-4-8-18(21)22/h1-3,6-7,9-12,23H,4-5,8,13-14H2/q+1/t19-/m0/s1. The molecule has 2 aliphatic heterocycles. The second-order valence-corrected chi connectivity index (χ2v) is 7.19. The van der Waals surface area contributed by atoms with E-state index < -0.39 is 5.72 Å². The molecule has 0 saturated carbocycles. The van der Waals surface area contributed by atoms with Crippen molar-refractivity contribution >= 4 is 27.5 Å². The van der Waals surface area contributed by atoms with Crippen molar-refractivity contribution in [1.82, 2.24) is 0 Å². The number of benzene rings is 2. The summed E-state index contributed by atoms with van der Waals surface area (Å²) < 4.78 is 3.28. The van der Waals surface area contributed by atoms with Gasteiger partial charge in [-0.15, -0.1) is 0 Å². The van der Waals surface area contributed by atoms with Gasteiger partial charge in [0.1, 0.15) is 5.69 Å². The zero-order valence-corrected chi connectivity index (χ0v) is 14.5. The fraction of sp³-hybridized carbons (Fsp3) is 0.316. The van der Waals surface area contributed by atoms with E-state index in [2.05, 4.69) is 49.7 Å². The van der Waals surface area contributed by atoms with Crippen molar-refractivity contribution < 1.29 is 9.68 Å². The zero-order chi connectivity index (χ0) is 15.9. The van der Waals surface area contributed by atoms with Crippen LogP contribution in [0, 0.1) is 0 Å². The van der Waals surface area contributed by atoms with Crippen LogP contribution in [0.2, 0.25) is 0 Å². The van der Waals surface area contributed by atoms with Crippen LogP contribution in [0.4, 0.5) is 5.69 Å². The smallest absolute Gasteiger partial charge is 0.271 e. The van der Waals surface area contributed by atoms with Gasteiger partial charge in [-0.3, -0.25) is 0 Å². The summed E-state index contributed by atoms with van der Waals surface area (Å²) in [7, 11) is 0. The molecule has 0 radical (unpaired) electrons. The first-order valence-corrected chi connectivity index (χ1v) is 8.92. The van der Waals surface area contributed by atoms with Gasteiger partial charge in [0.25, 0.3) is 11.6 Å². The number of aliphatic hydroxyl groups is 1. The first-order chi connectivity index (χ1) is 11.2. The van der Waals surface area contributed by atoms with Crippen molar-refractivity contribution in [2.45, 2.75) is 25.0 Å². The minimum atomic E-state index is -0.940. The third-order valence-electron chi connectivity index (χ3n) is 4.85. The summed E-state index contributed by atoms with van der Waals surface area (Å²) in [5, 5.41) is 11.5. The average Bonchev–Trinajstić information content (AvgIpc) is 2.91. The highest BCUT2D eigenvalue weighted by molar-refractivity contribution is 9.10. The first-order valence-electron chi connectivity index (χ1n) is 8.13. The molecule has 0 fully saturated rings. The lowest BCUT2D eigenvalue weighted by molar-refractivity contribution is -0.661. The Labute approximate surface area is 145 Å². The van der Waals surface area contributed by atoms with Gasteiger partial charge in [-0.2, -0.15) is 0 Å². The second kappa shape index (κ2) is 5.77.